The van der Waals surface area contributed by atoms with E-state index in [4.69, 9.17) is 14.9 Å². The average molecular weight is 637 g/mol. The van der Waals surface area contributed by atoms with Gasteiger partial charge in [-0.25, -0.2) is 14.1 Å². The van der Waals surface area contributed by atoms with Gasteiger partial charge in [-0.2, -0.15) is 0 Å². The van der Waals surface area contributed by atoms with E-state index in [1.807, 2.05) is 13.8 Å². The number of imide groups is 1. The first-order chi connectivity index (χ1) is 22.1. The van der Waals surface area contributed by atoms with E-state index in [0.717, 1.165) is 4.90 Å². The molecule has 1 aliphatic rings. The Bertz CT molecular complexity index is 1480. The highest BCUT2D eigenvalue weighted by atomic mass is 19.1. The maximum atomic E-state index is 14.6. The van der Waals surface area contributed by atoms with Crippen molar-refractivity contribution in [3.8, 4) is 5.75 Å². The summed E-state index contributed by atoms with van der Waals surface area (Å²) in [6.45, 7) is 6.71. The molecule has 0 saturated carbocycles. The molecule has 5 amide bonds. The van der Waals surface area contributed by atoms with Crippen molar-refractivity contribution in [1.82, 2.24) is 15.1 Å². The third-order valence-corrected chi connectivity index (χ3v) is 7.37. The number of hydrogen-bond acceptors (Lipinski definition) is 7. The second kappa shape index (κ2) is 17.0. The van der Waals surface area contributed by atoms with E-state index < -0.39 is 47.6 Å². The molecule has 46 heavy (non-hydrogen) atoms. The van der Waals surface area contributed by atoms with Crippen molar-refractivity contribution in [2.24, 2.45) is 0 Å². The SMILES string of the molecule is CC.Cc1ccc(NC(=O)C(C(C)c2ccccc2)N2C(=O)N[C@H](c3ccc(OCC(=O)N(CCO)CCO)cc3)C2=O)c(F)c1. The molecular weight excluding hydrogens is 595 g/mol. The zero-order valence-corrected chi connectivity index (χ0v) is 26.4. The van der Waals surface area contributed by atoms with Gasteiger partial charge in [-0.3, -0.25) is 14.4 Å². The van der Waals surface area contributed by atoms with Crippen LogP contribution in [0, 0.1) is 12.7 Å². The fourth-order valence-corrected chi connectivity index (χ4v) is 5.01. The van der Waals surface area contributed by atoms with Gasteiger partial charge in [-0.05, 0) is 47.9 Å². The highest BCUT2D eigenvalue weighted by molar-refractivity contribution is 6.10. The van der Waals surface area contributed by atoms with Crippen LogP contribution in [0.25, 0.3) is 0 Å². The third-order valence-electron chi connectivity index (χ3n) is 7.37. The number of anilines is 1. The van der Waals surface area contributed by atoms with Crippen LogP contribution in [0.4, 0.5) is 14.9 Å². The Kier molecular flexibility index (Phi) is 13.2. The molecule has 0 aromatic heterocycles. The lowest BCUT2D eigenvalue weighted by Crippen LogP contribution is -2.50. The molecule has 246 valence electrons. The van der Waals surface area contributed by atoms with Crippen molar-refractivity contribution >= 4 is 29.4 Å². The number of carbonyl (C=O) groups is 4. The van der Waals surface area contributed by atoms with Crippen LogP contribution in [-0.2, 0) is 14.4 Å². The number of nitrogens with zero attached hydrogens (tertiary/aromatic N) is 2. The molecule has 1 saturated heterocycles. The van der Waals surface area contributed by atoms with Gasteiger partial charge in [-0.1, -0.05) is 69.3 Å². The van der Waals surface area contributed by atoms with Crippen molar-refractivity contribution in [2.45, 2.75) is 45.7 Å². The molecular formula is C34H41FN4O7. The molecule has 3 aromatic carbocycles. The number of carbonyl (C=O) groups excluding carboxylic acids is 4. The number of rotatable bonds is 13. The molecule has 0 aliphatic carbocycles. The largest absolute Gasteiger partial charge is 0.484 e. The lowest BCUT2D eigenvalue weighted by atomic mass is 9.91. The molecule has 11 nitrogen and oxygen atoms in total. The Morgan fingerprint density at radius 3 is 2.22 bits per heavy atom. The van der Waals surface area contributed by atoms with Gasteiger partial charge >= 0.3 is 6.03 Å². The number of aliphatic hydroxyl groups excluding tert-OH is 2. The van der Waals surface area contributed by atoms with E-state index in [1.165, 1.54) is 29.2 Å². The number of aryl methyl sites for hydroxylation is 1. The van der Waals surface area contributed by atoms with Gasteiger partial charge in [-0.15, -0.1) is 0 Å². The van der Waals surface area contributed by atoms with E-state index in [2.05, 4.69) is 10.6 Å². The maximum Gasteiger partial charge on any atom is 0.325 e. The Morgan fingerprint density at radius 2 is 1.63 bits per heavy atom. The quantitative estimate of drug-likeness (QED) is 0.209. The van der Waals surface area contributed by atoms with Crippen molar-refractivity contribution < 1.29 is 38.5 Å². The molecule has 4 N–H and O–H groups in total. The molecule has 3 aromatic rings. The zero-order valence-electron chi connectivity index (χ0n) is 26.4. The molecule has 0 bridgehead atoms. The normalized spacial score (nSPS) is 15.3. The monoisotopic (exact) mass is 636 g/mol. The number of amides is 5. The number of ether oxygens (including phenoxy) is 1. The van der Waals surface area contributed by atoms with Crippen LogP contribution in [0.2, 0.25) is 0 Å². The van der Waals surface area contributed by atoms with Gasteiger partial charge in [0.05, 0.1) is 18.9 Å². The van der Waals surface area contributed by atoms with Gasteiger partial charge in [0.2, 0.25) is 5.91 Å². The summed E-state index contributed by atoms with van der Waals surface area (Å²) < 4.78 is 20.2. The van der Waals surface area contributed by atoms with Crippen molar-refractivity contribution in [2.75, 3.05) is 38.2 Å². The van der Waals surface area contributed by atoms with Crippen LogP contribution in [0.1, 0.15) is 49.4 Å². The van der Waals surface area contributed by atoms with Crippen LogP contribution in [-0.4, -0.2) is 82.7 Å². The van der Waals surface area contributed by atoms with Crippen LogP contribution < -0.4 is 15.4 Å². The molecule has 2 unspecified atom stereocenters. The van der Waals surface area contributed by atoms with E-state index >= 15 is 0 Å². The van der Waals surface area contributed by atoms with Crippen LogP contribution in [0.5, 0.6) is 5.75 Å². The minimum atomic E-state index is -1.30. The van der Waals surface area contributed by atoms with Crippen molar-refractivity contribution in [3.63, 3.8) is 0 Å². The predicted octanol–water partition coefficient (Wildman–Crippen LogP) is 3.76. The molecule has 0 spiro atoms. The second-order valence-electron chi connectivity index (χ2n) is 10.4. The minimum absolute atomic E-state index is 0.0591. The Hall–Kier alpha value is -4.81. The fraction of sp³-hybridized carbons (Fsp3) is 0.353. The number of aliphatic hydroxyl groups is 2. The zero-order chi connectivity index (χ0) is 33.8. The Labute approximate surface area is 268 Å². The summed E-state index contributed by atoms with van der Waals surface area (Å²) in [7, 11) is 0. The summed E-state index contributed by atoms with van der Waals surface area (Å²) in [5.74, 6) is -2.76. The predicted molar refractivity (Wildman–Crippen MR) is 171 cm³/mol. The molecule has 0 radical (unpaired) electrons. The number of benzene rings is 3. The number of nitrogens with one attached hydrogen (secondary N) is 2. The van der Waals surface area contributed by atoms with Crippen LogP contribution in [0.15, 0.2) is 72.8 Å². The summed E-state index contributed by atoms with van der Waals surface area (Å²) in [5.41, 5.74) is 1.72. The highest BCUT2D eigenvalue weighted by Crippen LogP contribution is 2.32. The van der Waals surface area contributed by atoms with Crippen LogP contribution in [0.3, 0.4) is 0 Å². The fourth-order valence-electron chi connectivity index (χ4n) is 5.01. The molecule has 4 rings (SSSR count). The van der Waals surface area contributed by atoms with Crippen molar-refractivity contribution in [1.29, 1.82) is 0 Å². The number of hydrogen-bond donors (Lipinski definition) is 4. The summed E-state index contributed by atoms with van der Waals surface area (Å²) >= 11 is 0. The highest BCUT2D eigenvalue weighted by Gasteiger charge is 2.47. The van der Waals surface area contributed by atoms with Gasteiger partial charge in [0.1, 0.15) is 23.7 Å². The summed E-state index contributed by atoms with van der Waals surface area (Å²) in [5, 5.41) is 23.4. The average Bonchev–Trinajstić information content (AvgIpc) is 3.35. The molecule has 3 atom stereocenters. The molecule has 12 heteroatoms. The van der Waals surface area contributed by atoms with E-state index in [9.17, 15) is 23.6 Å². The molecule has 1 heterocycles. The summed E-state index contributed by atoms with van der Waals surface area (Å²) in [6, 6.07) is 16.3. The minimum Gasteiger partial charge on any atom is -0.484 e. The lowest BCUT2D eigenvalue weighted by molar-refractivity contribution is -0.134. The first-order valence-electron chi connectivity index (χ1n) is 15.1. The topological polar surface area (TPSA) is 149 Å². The van der Waals surface area contributed by atoms with Crippen LogP contribution >= 0.6 is 0 Å². The Balaban J connectivity index is 0.00000282. The summed E-state index contributed by atoms with van der Waals surface area (Å²) in [6.07, 6.45) is 0. The number of halogens is 1. The second-order valence-corrected chi connectivity index (χ2v) is 10.4. The van der Waals surface area contributed by atoms with Gasteiger partial charge in [0.25, 0.3) is 11.8 Å². The van der Waals surface area contributed by atoms with E-state index in [-0.39, 0.29) is 38.6 Å². The van der Waals surface area contributed by atoms with Gasteiger partial charge in [0.15, 0.2) is 6.61 Å². The third kappa shape index (κ3) is 8.67. The Morgan fingerprint density at radius 1 is 1.00 bits per heavy atom. The van der Waals surface area contributed by atoms with Crippen molar-refractivity contribution in [3.05, 3.63) is 95.3 Å². The smallest absolute Gasteiger partial charge is 0.325 e. The lowest BCUT2D eigenvalue weighted by Gasteiger charge is -2.30. The first-order valence-corrected chi connectivity index (χ1v) is 15.1. The molecule has 1 fully saturated rings. The first kappa shape index (κ1) is 35.7. The van der Waals surface area contributed by atoms with Gasteiger partial charge in [0, 0.05) is 19.0 Å². The summed E-state index contributed by atoms with van der Waals surface area (Å²) in [4.78, 5) is 55.1. The number of urea groups is 1. The van der Waals surface area contributed by atoms with Gasteiger partial charge < -0.3 is 30.5 Å². The van der Waals surface area contributed by atoms with E-state index in [1.54, 1.807) is 62.4 Å². The molecule has 1 aliphatic heterocycles. The van der Waals surface area contributed by atoms with E-state index in [0.29, 0.717) is 22.4 Å². The standard InChI is InChI=1S/C32H35FN4O7.C2H6/c1-20-8-13-26(25(33)18-20)34-30(41)29(21(2)22-6-4-3-5-7-22)37-31(42)28(35-32(37)43)23-9-11-24(12-10-23)44-19-27(40)36(14-16-38)15-17-39;1-2/h3-13,18,21,28-29,38-39H,14-17,19H2,1-2H3,(H,34,41)(H,35,43);1-2H3/t21?,28-,29?;/m1./s1. The maximum absolute atomic E-state index is 14.6.